The van der Waals surface area contributed by atoms with E-state index in [2.05, 4.69) is 5.32 Å². The topological polar surface area (TPSA) is 67.9 Å². The highest BCUT2D eigenvalue weighted by Crippen LogP contribution is 2.34. The fourth-order valence-electron chi connectivity index (χ4n) is 3.01. The summed E-state index contributed by atoms with van der Waals surface area (Å²) in [5, 5.41) is 2.89. The first-order valence-electron chi connectivity index (χ1n) is 9.09. The largest absolute Gasteiger partial charge is 0.497 e. The molecule has 0 aliphatic carbocycles. The van der Waals surface area contributed by atoms with Crippen molar-refractivity contribution in [3.8, 4) is 11.5 Å². The summed E-state index contributed by atoms with van der Waals surface area (Å²) in [7, 11) is 1.62. The van der Waals surface area contributed by atoms with Gasteiger partial charge in [-0.3, -0.25) is 9.59 Å². The molecule has 142 valence electrons. The Morgan fingerprint density at radius 3 is 2.63 bits per heavy atom. The van der Waals surface area contributed by atoms with E-state index in [1.165, 1.54) is 0 Å². The maximum absolute atomic E-state index is 12.6. The number of carbonyl (C=O) groups is 2. The van der Waals surface area contributed by atoms with Crippen molar-refractivity contribution >= 4 is 17.5 Å². The number of carbonyl (C=O) groups excluding carboxylic acids is 2. The summed E-state index contributed by atoms with van der Waals surface area (Å²) < 4.78 is 10.9. The number of methoxy groups -OCH3 is 1. The molecule has 0 aromatic heterocycles. The standard InChI is InChI=1S/C21H24N2O4/c1-3-18-21(25)23(17-6-4-5-7-19(17)27-18)13-12-20(24)22-14-15-8-10-16(26-2)11-9-15/h4-11,18H,3,12-14H2,1-2H3,(H,22,24). The highest BCUT2D eigenvalue weighted by Gasteiger charge is 2.33. The van der Waals surface area contributed by atoms with Gasteiger partial charge in [-0.1, -0.05) is 31.2 Å². The number of ether oxygens (including phenoxy) is 2. The van der Waals surface area contributed by atoms with Crippen molar-refractivity contribution in [1.82, 2.24) is 5.32 Å². The quantitative estimate of drug-likeness (QED) is 0.816. The monoisotopic (exact) mass is 368 g/mol. The lowest BCUT2D eigenvalue weighted by atomic mass is 10.1. The number of amides is 2. The van der Waals surface area contributed by atoms with E-state index in [1.807, 2.05) is 55.5 Å². The third-order valence-electron chi connectivity index (χ3n) is 4.55. The lowest BCUT2D eigenvalue weighted by Crippen LogP contribution is -2.46. The molecule has 1 aliphatic heterocycles. The second-order valence-corrected chi connectivity index (χ2v) is 6.35. The minimum atomic E-state index is -0.498. The van der Waals surface area contributed by atoms with Crippen LogP contribution >= 0.6 is 0 Å². The maximum atomic E-state index is 12.6. The average molecular weight is 368 g/mol. The predicted octanol–water partition coefficient (Wildman–Crippen LogP) is 2.91. The van der Waals surface area contributed by atoms with E-state index < -0.39 is 6.10 Å². The van der Waals surface area contributed by atoms with Crippen LogP contribution in [0.5, 0.6) is 11.5 Å². The van der Waals surface area contributed by atoms with Crippen molar-refractivity contribution in [2.75, 3.05) is 18.6 Å². The Labute approximate surface area is 159 Å². The molecule has 3 rings (SSSR count). The Kier molecular flexibility index (Phi) is 5.96. The summed E-state index contributed by atoms with van der Waals surface area (Å²) in [6.07, 6.45) is 0.322. The Bertz CT molecular complexity index is 804. The van der Waals surface area contributed by atoms with Crippen LogP contribution in [0.4, 0.5) is 5.69 Å². The van der Waals surface area contributed by atoms with E-state index in [9.17, 15) is 9.59 Å². The van der Waals surface area contributed by atoms with Gasteiger partial charge in [-0.2, -0.15) is 0 Å². The van der Waals surface area contributed by atoms with Gasteiger partial charge >= 0.3 is 0 Å². The zero-order valence-corrected chi connectivity index (χ0v) is 15.6. The minimum absolute atomic E-state index is 0.0980. The smallest absolute Gasteiger partial charge is 0.268 e. The van der Waals surface area contributed by atoms with Crippen molar-refractivity contribution in [2.45, 2.75) is 32.4 Å². The zero-order chi connectivity index (χ0) is 19.2. The van der Waals surface area contributed by atoms with Gasteiger partial charge in [-0.05, 0) is 36.2 Å². The van der Waals surface area contributed by atoms with Gasteiger partial charge in [0.2, 0.25) is 5.91 Å². The Hall–Kier alpha value is -3.02. The molecule has 0 fully saturated rings. The first-order chi connectivity index (χ1) is 13.1. The first kappa shape index (κ1) is 18.8. The number of nitrogens with zero attached hydrogens (tertiary/aromatic N) is 1. The molecule has 2 amide bonds. The lowest BCUT2D eigenvalue weighted by Gasteiger charge is -2.33. The van der Waals surface area contributed by atoms with Gasteiger partial charge in [0.25, 0.3) is 5.91 Å². The summed E-state index contributed by atoms with van der Waals surface area (Å²) in [5.41, 5.74) is 1.71. The zero-order valence-electron chi connectivity index (χ0n) is 15.6. The van der Waals surface area contributed by atoms with Gasteiger partial charge < -0.3 is 19.7 Å². The molecule has 1 aliphatic rings. The maximum Gasteiger partial charge on any atom is 0.268 e. The molecule has 6 heteroatoms. The Morgan fingerprint density at radius 1 is 1.19 bits per heavy atom. The van der Waals surface area contributed by atoms with Gasteiger partial charge in [0.1, 0.15) is 11.5 Å². The molecule has 2 aromatic rings. The average Bonchev–Trinajstić information content (AvgIpc) is 2.71. The number of anilines is 1. The van der Waals surface area contributed by atoms with Crippen LogP contribution in [-0.4, -0.2) is 31.6 Å². The number of hydrogen-bond donors (Lipinski definition) is 1. The van der Waals surface area contributed by atoms with Crippen LogP contribution in [0.1, 0.15) is 25.3 Å². The molecular formula is C21H24N2O4. The highest BCUT2D eigenvalue weighted by molar-refractivity contribution is 6.00. The predicted molar refractivity (Wildman–Crippen MR) is 103 cm³/mol. The van der Waals surface area contributed by atoms with E-state index in [0.29, 0.717) is 25.3 Å². The summed E-state index contributed by atoms with van der Waals surface area (Å²) >= 11 is 0. The SMILES string of the molecule is CCC1Oc2ccccc2N(CCC(=O)NCc2ccc(OC)cc2)C1=O. The first-order valence-corrected chi connectivity index (χ1v) is 9.09. The number of nitrogens with one attached hydrogen (secondary N) is 1. The van der Waals surface area contributed by atoms with E-state index >= 15 is 0 Å². The third-order valence-corrected chi connectivity index (χ3v) is 4.55. The van der Waals surface area contributed by atoms with Crippen molar-refractivity contribution in [1.29, 1.82) is 0 Å². The number of para-hydroxylation sites is 2. The number of benzene rings is 2. The van der Waals surface area contributed by atoms with Gasteiger partial charge in [-0.15, -0.1) is 0 Å². The number of hydrogen-bond acceptors (Lipinski definition) is 4. The van der Waals surface area contributed by atoms with Crippen LogP contribution < -0.4 is 19.7 Å². The summed E-state index contributed by atoms with van der Waals surface area (Å²) in [4.78, 5) is 26.5. The van der Waals surface area contributed by atoms with Gasteiger partial charge in [0.05, 0.1) is 12.8 Å². The molecule has 1 atom stereocenters. The Morgan fingerprint density at radius 2 is 1.93 bits per heavy atom. The molecule has 6 nitrogen and oxygen atoms in total. The van der Waals surface area contributed by atoms with Crippen LogP contribution in [0.3, 0.4) is 0 Å². The molecule has 2 aromatic carbocycles. The molecule has 1 N–H and O–H groups in total. The Balaban J connectivity index is 1.58. The molecule has 1 heterocycles. The molecule has 0 spiro atoms. The summed E-state index contributed by atoms with van der Waals surface area (Å²) in [6.45, 7) is 2.68. The van der Waals surface area contributed by atoms with Crippen molar-refractivity contribution in [2.24, 2.45) is 0 Å². The van der Waals surface area contributed by atoms with Crippen LogP contribution in [0.25, 0.3) is 0 Å². The second-order valence-electron chi connectivity index (χ2n) is 6.35. The van der Waals surface area contributed by atoms with Crippen molar-refractivity contribution < 1.29 is 19.1 Å². The lowest BCUT2D eigenvalue weighted by molar-refractivity contribution is -0.126. The number of fused-ring (bicyclic) bond motifs is 1. The minimum Gasteiger partial charge on any atom is -0.497 e. The normalized spacial score (nSPS) is 15.7. The fourth-order valence-corrected chi connectivity index (χ4v) is 3.01. The molecule has 0 bridgehead atoms. The summed E-state index contributed by atoms with van der Waals surface area (Å²) in [5.74, 6) is 1.26. The van der Waals surface area contributed by atoms with Gasteiger partial charge in [-0.25, -0.2) is 0 Å². The molecule has 0 saturated heterocycles. The van der Waals surface area contributed by atoms with Crippen LogP contribution in [0.2, 0.25) is 0 Å². The van der Waals surface area contributed by atoms with E-state index in [-0.39, 0.29) is 18.2 Å². The van der Waals surface area contributed by atoms with Crippen molar-refractivity contribution in [3.63, 3.8) is 0 Å². The second kappa shape index (κ2) is 8.58. The molecule has 1 unspecified atom stereocenters. The highest BCUT2D eigenvalue weighted by atomic mass is 16.5. The van der Waals surface area contributed by atoms with Gasteiger partial charge in [0.15, 0.2) is 6.10 Å². The van der Waals surface area contributed by atoms with Crippen LogP contribution in [-0.2, 0) is 16.1 Å². The van der Waals surface area contributed by atoms with E-state index in [0.717, 1.165) is 17.0 Å². The molecule has 27 heavy (non-hydrogen) atoms. The summed E-state index contributed by atoms with van der Waals surface area (Å²) in [6, 6.07) is 15.0. The van der Waals surface area contributed by atoms with E-state index in [4.69, 9.17) is 9.47 Å². The van der Waals surface area contributed by atoms with Crippen molar-refractivity contribution in [3.05, 3.63) is 54.1 Å². The van der Waals surface area contributed by atoms with Crippen LogP contribution in [0.15, 0.2) is 48.5 Å². The molecular weight excluding hydrogens is 344 g/mol. The molecule has 0 radical (unpaired) electrons. The third kappa shape index (κ3) is 4.39. The van der Waals surface area contributed by atoms with E-state index in [1.54, 1.807) is 12.0 Å². The fraction of sp³-hybridized carbons (Fsp3) is 0.333. The van der Waals surface area contributed by atoms with Crippen LogP contribution in [0, 0.1) is 0 Å². The van der Waals surface area contributed by atoms with Gasteiger partial charge in [0, 0.05) is 19.5 Å². The molecule has 0 saturated carbocycles. The number of rotatable bonds is 7.